The Kier molecular flexibility index (Phi) is 4.92. The first-order valence-electron chi connectivity index (χ1n) is 6.95. The third kappa shape index (κ3) is 4.05. The van der Waals surface area contributed by atoms with Crippen LogP contribution in [0.3, 0.4) is 0 Å². The Morgan fingerprint density at radius 3 is 2.67 bits per heavy atom. The van der Waals surface area contributed by atoms with Crippen LogP contribution >= 0.6 is 0 Å². The maximum absolute atomic E-state index is 12.2. The van der Waals surface area contributed by atoms with Crippen LogP contribution in [0.1, 0.15) is 18.9 Å². The zero-order valence-electron chi connectivity index (χ0n) is 11.9. The fourth-order valence-corrected chi connectivity index (χ4v) is 2.27. The summed E-state index contributed by atoms with van der Waals surface area (Å²) in [5.41, 5.74) is 1.01. The number of carboxylic acids is 1. The van der Waals surface area contributed by atoms with Crippen molar-refractivity contribution in [2.45, 2.75) is 25.9 Å². The molecule has 2 rings (SSSR count). The van der Waals surface area contributed by atoms with Gasteiger partial charge in [0.25, 0.3) is 0 Å². The number of rotatable bonds is 5. The monoisotopic (exact) mass is 289 g/mol. The van der Waals surface area contributed by atoms with E-state index in [4.69, 9.17) is 5.11 Å². The lowest BCUT2D eigenvalue weighted by atomic mass is 10.1. The van der Waals surface area contributed by atoms with Crippen LogP contribution in [0.15, 0.2) is 36.7 Å². The summed E-state index contributed by atoms with van der Waals surface area (Å²) < 4.78 is 0. The molecular weight excluding hydrogens is 270 g/mol. The molecule has 2 unspecified atom stereocenters. The van der Waals surface area contributed by atoms with Crippen LogP contribution in [0.2, 0.25) is 0 Å². The van der Waals surface area contributed by atoms with Crippen molar-refractivity contribution in [3.63, 3.8) is 0 Å². The Labute approximate surface area is 123 Å². The summed E-state index contributed by atoms with van der Waals surface area (Å²) in [7, 11) is 0. The van der Waals surface area contributed by atoms with E-state index in [1.807, 2.05) is 19.1 Å². The van der Waals surface area contributed by atoms with Gasteiger partial charge in [-0.25, -0.2) is 4.79 Å². The van der Waals surface area contributed by atoms with Crippen molar-refractivity contribution in [3.8, 4) is 0 Å². The van der Waals surface area contributed by atoms with E-state index >= 15 is 0 Å². The number of aliphatic carboxylic acids is 1. The molecule has 1 aromatic rings. The number of urea groups is 1. The van der Waals surface area contributed by atoms with E-state index in [0.717, 1.165) is 5.56 Å². The molecule has 112 valence electrons. The average Bonchev–Trinajstić information content (AvgIpc) is 2.94. The third-order valence-electron chi connectivity index (χ3n) is 3.50. The van der Waals surface area contributed by atoms with Crippen LogP contribution in [0.25, 0.3) is 0 Å². The average molecular weight is 289 g/mol. The van der Waals surface area contributed by atoms with Gasteiger partial charge in [0.05, 0.1) is 12.0 Å². The van der Waals surface area contributed by atoms with Gasteiger partial charge in [-0.05, 0) is 31.0 Å². The second-order valence-corrected chi connectivity index (χ2v) is 4.99. The zero-order valence-corrected chi connectivity index (χ0v) is 11.9. The molecule has 21 heavy (non-hydrogen) atoms. The topological polar surface area (TPSA) is 82.5 Å². The van der Waals surface area contributed by atoms with Crippen LogP contribution in [0, 0.1) is 5.92 Å². The quantitative estimate of drug-likeness (QED) is 0.807. The number of carboxylic acid groups (broad SMARTS) is 1. The molecule has 0 saturated heterocycles. The van der Waals surface area contributed by atoms with Gasteiger partial charge >= 0.3 is 12.0 Å². The highest BCUT2D eigenvalue weighted by atomic mass is 16.4. The maximum atomic E-state index is 12.2. The van der Waals surface area contributed by atoms with Gasteiger partial charge in [-0.3, -0.25) is 9.78 Å². The lowest BCUT2D eigenvalue weighted by Gasteiger charge is -2.23. The van der Waals surface area contributed by atoms with Crippen molar-refractivity contribution in [1.82, 2.24) is 15.2 Å². The van der Waals surface area contributed by atoms with E-state index < -0.39 is 11.9 Å². The molecule has 1 aliphatic carbocycles. The Bertz CT molecular complexity index is 530. The highest BCUT2D eigenvalue weighted by Gasteiger charge is 2.26. The Morgan fingerprint density at radius 2 is 2.10 bits per heavy atom. The van der Waals surface area contributed by atoms with Crippen molar-refractivity contribution in [1.29, 1.82) is 0 Å². The summed E-state index contributed by atoms with van der Waals surface area (Å²) in [4.78, 5) is 28.7. The fourth-order valence-electron chi connectivity index (χ4n) is 2.27. The van der Waals surface area contributed by atoms with E-state index in [9.17, 15) is 9.59 Å². The van der Waals surface area contributed by atoms with E-state index in [-0.39, 0.29) is 12.1 Å². The van der Waals surface area contributed by atoms with Crippen LogP contribution in [-0.2, 0) is 11.3 Å². The molecule has 1 aromatic heterocycles. The molecular formula is C15H19N3O3. The first kappa shape index (κ1) is 15.0. The number of pyridine rings is 1. The van der Waals surface area contributed by atoms with E-state index in [0.29, 0.717) is 19.5 Å². The second kappa shape index (κ2) is 6.88. The number of amides is 2. The van der Waals surface area contributed by atoms with Crippen LogP contribution < -0.4 is 5.32 Å². The Balaban J connectivity index is 1.89. The first-order valence-corrected chi connectivity index (χ1v) is 6.95. The first-order chi connectivity index (χ1) is 10.1. The molecule has 0 radical (unpaired) electrons. The summed E-state index contributed by atoms with van der Waals surface area (Å²) in [6, 6.07) is 3.33. The molecule has 6 nitrogen and oxygen atoms in total. The van der Waals surface area contributed by atoms with Crippen LogP contribution in [0.4, 0.5) is 4.79 Å². The summed E-state index contributed by atoms with van der Waals surface area (Å²) in [6.45, 7) is 2.99. The number of nitrogens with zero attached hydrogens (tertiary/aromatic N) is 2. The number of hydrogen-bond donors (Lipinski definition) is 2. The molecule has 2 amide bonds. The molecule has 2 N–H and O–H groups in total. The summed E-state index contributed by atoms with van der Waals surface area (Å²) in [6.07, 6.45) is 7.17. The van der Waals surface area contributed by atoms with Crippen LogP contribution in [-0.4, -0.2) is 39.6 Å². The standard InChI is InChI=1S/C15H19N3O3/c1-2-18(10-11-5-7-16-8-6-11)15(21)17-13-4-3-12(9-13)14(19)20/h3-8,12-13H,2,9-10H2,1H3,(H,17,21)(H,19,20). The molecule has 1 heterocycles. The summed E-state index contributed by atoms with van der Waals surface area (Å²) in [5, 5.41) is 11.8. The van der Waals surface area contributed by atoms with Gasteiger partial charge in [0, 0.05) is 25.5 Å². The van der Waals surface area contributed by atoms with Gasteiger partial charge in [-0.15, -0.1) is 0 Å². The Hall–Kier alpha value is -2.37. The van der Waals surface area contributed by atoms with Crippen molar-refractivity contribution >= 4 is 12.0 Å². The highest BCUT2D eigenvalue weighted by molar-refractivity contribution is 5.76. The molecule has 0 aromatic carbocycles. The second-order valence-electron chi connectivity index (χ2n) is 4.99. The summed E-state index contributed by atoms with van der Waals surface area (Å²) in [5.74, 6) is -1.36. The molecule has 1 aliphatic rings. The molecule has 0 spiro atoms. The predicted molar refractivity (Wildman–Crippen MR) is 77.5 cm³/mol. The predicted octanol–water partition coefficient (Wildman–Crippen LogP) is 1.64. The Morgan fingerprint density at radius 1 is 1.38 bits per heavy atom. The normalized spacial score (nSPS) is 20.2. The minimum absolute atomic E-state index is 0.185. The number of aromatic nitrogens is 1. The number of nitrogens with one attached hydrogen (secondary N) is 1. The molecule has 0 bridgehead atoms. The molecule has 2 atom stereocenters. The molecule has 0 aliphatic heterocycles. The summed E-state index contributed by atoms with van der Waals surface area (Å²) >= 11 is 0. The molecule has 6 heteroatoms. The van der Waals surface area contributed by atoms with Crippen molar-refractivity contribution in [2.75, 3.05) is 6.54 Å². The van der Waals surface area contributed by atoms with E-state index in [1.54, 1.807) is 29.4 Å². The van der Waals surface area contributed by atoms with Gasteiger partial charge in [0.2, 0.25) is 0 Å². The smallest absolute Gasteiger partial charge is 0.318 e. The maximum Gasteiger partial charge on any atom is 0.318 e. The zero-order chi connectivity index (χ0) is 15.2. The highest BCUT2D eigenvalue weighted by Crippen LogP contribution is 2.18. The number of carbonyl (C=O) groups is 2. The number of hydrogen-bond acceptors (Lipinski definition) is 3. The molecule has 0 saturated carbocycles. The van der Waals surface area contributed by atoms with Gasteiger partial charge in [-0.2, -0.15) is 0 Å². The SMILES string of the molecule is CCN(Cc1ccncc1)C(=O)NC1C=CC(C(=O)O)C1. The largest absolute Gasteiger partial charge is 0.481 e. The van der Waals surface area contributed by atoms with E-state index in [2.05, 4.69) is 10.3 Å². The van der Waals surface area contributed by atoms with Crippen molar-refractivity contribution in [3.05, 3.63) is 42.2 Å². The van der Waals surface area contributed by atoms with Crippen molar-refractivity contribution in [2.24, 2.45) is 5.92 Å². The van der Waals surface area contributed by atoms with Crippen LogP contribution in [0.5, 0.6) is 0 Å². The third-order valence-corrected chi connectivity index (χ3v) is 3.50. The van der Waals surface area contributed by atoms with Gasteiger partial charge in [-0.1, -0.05) is 12.2 Å². The van der Waals surface area contributed by atoms with Gasteiger partial charge in [0.15, 0.2) is 0 Å². The van der Waals surface area contributed by atoms with Gasteiger partial charge < -0.3 is 15.3 Å². The minimum Gasteiger partial charge on any atom is -0.481 e. The lowest BCUT2D eigenvalue weighted by molar-refractivity contribution is -0.140. The number of carbonyl (C=O) groups excluding carboxylic acids is 1. The molecule has 0 fully saturated rings. The van der Waals surface area contributed by atoms with Gasteiger partial charge in [0.1, 0.15) is 0 Å². The fraction of sp³-hybridized carbons (Fsp3) is 0.400. The van der Waals surface area contributed by atoms with Crippen molar-refractivity contribution < 1.29 is 14.7 Å². The minimum atomic E-state index is -0.855. The lowest BCUT2D eigenvalue weighted by Crippen LogP contribution is -2.43. The van der Waals surface area contributed by atoms with E-state index in [1.165, 1.54) is 0 Å².